The number of nitrogens with one attached hydrogen (secondary N) is 8. The Labute approximate surface area is 821 Å². The lowest BCUT2D eigenvalue weighted by Gasteiger charge is -2.36. The number of benzene rings is 2. The summed E-state index contributed by atoms with van der Waals surface area (Å²) in [6, 6.07) is 24.8. The van der Waals surface area contributed by atoms with Crippen LogP contribution < -0.4 is 85.0 Å². The van der Waals surface area contributed by atoms with E-state index in [9.17, 15) is 60.0 Å². The summed E-state index contributed by atoms with van der Waals surface area (Å²) in [4.78, 5) is 137. The van der Waals surface area contributed by atoms with Gasteiger partial charge in [0, 0.05) is 78.2 Å². The smallest absolute Gasteiger partial charge is 0.372 e. The molecule has 6 aromatic heterocycles. The molecule has 6 aliphatic rings. The van der Waals surface area contributed by atoms with E-state index in [1.165, 1.54) is 32.3 Å². The molecular formula is C95H128Cl2N16O24S2. The Bertz CT molecular complexity index is 5790. The predicted octanol–water partition coefficient (Wildman–Crippen LogP) is 10.3. The molecule has 44 heteroatoms. The van der Waals surface area contributed by atoms with Gasteiger partial charge in [0.1, 0.15) is 59.0 Å². The highest BCUT2D eigenvalue weighted by atomic mass is 35.5. The van der Waals surface area contributed by atoms with Crippen LogP contribution in [-0.4, -0.2) is 240 Å². The van der Waals surface area contributed by atoms with E-state index in [0.29, 0.717) is 109 Å². The number of methoxy groups -OCH3 is 6. The number of ether oxygens (including phenoxy) is 8. The standard InChI is InChI=1S/C36H44N6O8S.C23H28N4O6S.2C12H18N2O3.C6H8N2O.C6H10O3.2ClH/c1-7-22-18-36(22,34(45)41-51(46,47)26-10-11-26)40-31(43)28-17-25(50-32-27-12-9-24(48-5)16-21(27)14-15-37-32)20-42(28)33(44)30(35(2,3)4)39-23-8-13-29(49-6)38-19-23;1-13-11-23(13,22(29)27-34(30,31)17-4-5-17)26-20(28)19-10-16(12-25-19)33-21-18-6-3-15(32-2)9-14(18)7-8-24-21;2*1-12(2,3)10(11(15)16)14-8-5-6-9(17-4)13-7-8;1-9-6-3-2-5(7)4-8-6;1-6(2,3)4(7)5(8)9;;/h7-9,12-16,19,22,25-26,28,30,39H,1,10-11,17-18,20H2,2-6H3,(H,40,43)(H,41,45);3,6-9,13,16-17,19,25H,4-5,10-12H2,1-2H3,(H,26,28)(H,27,29);2*5-7,10,14H,1-4H3,(H,15,16);2-4H,7H2,1H3;1-3H3,(H,8,9);2*1H/t22-,25-,28+,30?,36-;13-,16-,19+,23-;;;;;;/m11....../s1. The lowest BCUT2D eigenvalue weighted by molar-refractivity contribution is -0.152. The molecule has 5 amide bonds. The molecule has 2 saturated heterocycles. The van der Waals surface area contributed by atoms with Gasteiger partial charge < -0.3 is 95.7 Å². The Morgan fingerprint density at radius 3 is 1.24 bits per heavy atom. The van der Waals surface area contributed by atoms with Crippen LogP contribution in [0.4, 0.5) is 22.7 Å². The minimum Gasteiger partial charge on any atom is -0.497 e. The summed E-state index contributed by atoms with van der Waals surface area (Å²) >= 11 is 0. The molecule has 6 fully saturated rings. The highest BCUT2D eigenvalue weighted by molar-refractivity contribution is 7.91. The lowest BCUT2D eigenvalue weighted by Crippen LogP contribution is -2.58. The number of fused-ring (bicyclic) bond motifs is 2. The maximum Gasteiger partial charge on any atom is 0.372 e. The van der Waals surface area contributed by atoms with Crippen LogP contribution in [0.1, 0.15) is 141 Å². The number of hydrogen-bond donors (Lipinski definition) is 12. The van der Waals surface area contributed by atoms with Crippen molar-refractivity contribution in [3.05, 3.63) is 147 Å². The van der Waals surface area contributed by atoms with Gasteiger partial charge in [-0.1, -0.05) is 96.1 Å². The Balaban J connectivity index is 0.000000255. The molecule has 0 spiro atoms. The van der Waals surface area contributed by atoms with E-state index < -0.39 is 136 Å². The number of carboxylic acid groups (broad SMARTS) is 3. The first-order valence-electron chi connectivity index (χ1n) is 44.2. The Morgan fingerprint density at radius 1 is 0.511 bits per heavy atom. The summed E-state index contributed by atoms with van der Waals surface area (Å²) in [6.07, 6.45) is 13.2. The van der Waals surface area contributed by atoms with Crippen LogP contribution in [0.15, 0.2) is 147 Å². The largest absolute Gasteiger partial charge is 0.497 e. The topological polar surface area (TPSA) is 559 Å². The molecule has 8 aromatic rings. The van der Waals surface area contributed by atoms with Gasteiger partial charge in [0.15, 0.2) is 0 Å². The first-order valence-corrected chi connectivity index (χ1v) is 47.3. The number of carboxylic acids is 3. The SMILES string of the molecule is C=C[C@@H]1C[C@]1(NC(=O)[C@@H]1C[C@@H](Oc2nccc3cc(OC)ccc23)CN1C(=O)C(Nc1ccc(OC)nc1)C(C)(C)C)C(=O)NS(=O)(=O)C1CC1.CC(C)(C)C(=O)C(=O)O.COc1ccc(N)cn1.COc1ccc(NC(C(=O)O)C(C)(C)C)cn1.COc1ccc(NC(C(=O)O)C(C)(C)C)cn1.COc1ccc2c(O[C@H]3CN[C@H](C(=O)N[C@]4(C(=O)NS(=O)(=O)C5CC5)C[C@H]4C)C3)nccc2c1.Cl.Cl. The minimum absolute atomic E-state index is 0. The van der Waals surface area contributed by atoms with E-state index in [0.717, 1.165) is 27.3 Å². The fourth-order valence-electron chi connectivity index (χ4n) is 14.6. The number of sulfonamides is 2. The average molecular weight is 2010 g/mol. The van der Waals surface area contributed by atoms with Crippen molar-refractivity contribution in [2.75, 3.05) is 77.4 Å². The van der Waals surface area contributed by atoms with Crippen LogP contribution in [-0.2, 0) is 63.2 Å². The molecule has 11 atom stereocenters. The third-order valence-corrected chi connectivity index (χ3v) is 26.8. The van der Waals surface area contributed by atoms with Gasteiger partial charge in [-0.15, -0.1) is 31.4 Å². The number of nitrogen functional groups attached to an aromatic ring is 1. The predicted molar refractivity (Wildman–Crippen MR) is 526 cm³/mol. The number of aliphatic carboxylic acids is 3. The number of nitrogens with zero attached hydrogens (tertiary/aromatic N) is 7. The van der Waals surface area contributed by atoms with Crippen molar-refractivity contribution in [2.24, 2.45) is 33.5 Å². The van der Waals surface area contributed by atoms with Crippen molar-refractivity contribution < 1.29 is 113 Å². The molecule has 758 valence electrons. The number of Topliss-reactive ketones (excluding diaryl/α,β-unsaturated/α-hetero) is 1. The monoisotopic (exact) mass is 2010 g/mol. The first kappa shape index (κ1) is 113. The molecule has 13 N–H and O–H groups in total. The summed E-state index contributed by atoms with van der Waals surface area (Å²) in [5.41, 5.74) is 3.06. The van der Waals surface area contributed by atoms with Crippen molar-refractivity contribution >= 4 is 142 Å². The van der Waals surface area contributed by atoms with Gasteiger partial charge >= 0.3 is 17.9 Å². The number of aromatic nitrogens is 6. The van der Waals surface area contributed by atoms with Crippen molar-refractivity contribution in [1.29, 1.82) is 0 Å². The molecule has 139 heavy (non-hydrogen) atoms. The Morgan fingerprint density at radius 2 is 0.906 bits per heavy atom. The van der Waals surface area contributed by atoms with E-state index in [1.807, 2.05) is 112 Å². The molecule has 4 saturated carbocycles. The molecule has 0 radical (unpaired) electrons. The van der Waals surface area contributed by atoms with E-state index in [4.69, 9.17) is 58.9 Å². The van der Waals surface area contributed by atoms with Crippen LogP contribution in [0.25, 0.3) is 21.5 Å². The number of carbonyl (C=O) groups excluding carboxylic acids is 6. The number of hydrogen-bond acceptors (Lipinski definition) is 32. The quantitative estimate of drug-likeness (QED) is 0.0142. The van der Waals surface area contributed by atoms with Gasteiger partial charge in [0.2, 0.25) is 78.8 Å². The molecule has 14 rings (SSSR count). The zero-order valence-corrected chi connectivity index (χ0v) is 84.4. The number of amides is 5. The van der Waals surface area contributed by atoms with Crippen LogP contribution in [0.5, 0.6) is 46.8 Å². The zero-order chi connectivity index (χ0) is 101. The summed E-state index contributed by atoms with van der Waals surface area (Å²) in [5.74, 6) is -3.07. The second kappa shape index (κ2) is 47.6. The maximum absolute atomic E-state index is 14.6. The summed E-state index contributed by atoms with van der Waals surface area (Å²) in [6.45, 7) is 27.8. The first-order chi connectivity index (χ1) is 64.3. The maximum atomic E-state index is 14.6. The van der Waals surface area contributed by atoms with E-state index >= 15 is 0 Å². The molecule has 40 nitrogen and oxygen atoms in total. The second-order valence-corrected chi connectivity index (χ2v) is 42.0. The number of nitrogens with two attached hydrogens (primary N) is 1. The molecule has 0 bridgehead atoms. The highest BCUT2D eigenvalue weighted by Crippen LogP contribution is 2.47. The number of halogens is 2. The van der Waals surface area contributed by atoms with Crippen LogP contribution in [0.2, 0.25) is 0 Å². The number of anilines is 4. The van der Waals surface area contributed by atoms with Gasteiger partial charge in [-0.2, -0.15) is 0 Å². The van der Waals surface area contributed by atoms with Crippen LogP contribution >= 0.6 is 24.8 Å². The third kappa shape index (κ3) is 30.8. The summed E-state index contributed by atoms with van der Waals surface area (Å²) < 4.78 is 97.1. The van der Waals surface area contributed by atoms with Gasteiger partial charge in [0.25, 0.3) is 11.8 Å². The number of ketones is 1. The van der Waals surface area contributed by atoms with Crippen molar-refractivity contribution in [3.63, 3.8) is 0 Å². The molecule has 2 aliphatic heterocycles. The van der Waals surface area contributed by atoms with E-state index in [1.54, 1.807) is 134 Å². The van der Waals surface area contributed by atoms with Crippen molar-refractivity contribution in [1.82, 2.24) is 60.2 Å². The van der Waals surface area contributed by atoms with Crippen LogP contribution in [0.3, 0.4) is 0 Å². The molecule has 2 aromatic carbocycles. The number of rotatable bonds is 31. The number of carbonyl (C=O) groups is 9. The Hall–Kier alpha value is -12.9. The number of likely N-dealkylation sites (tertiary alicyclic amines) is 1. The molecule has 4 aliphatic carbocycles. The second-order valence-electron chi connectivity index (χ2n) is 38.0. The minimum atomic E-state index is -3.87. The Kier molecular flexibility index (Phi) is 38.7. The van der Waals surface area contributed by atoms with Crippen molar-refractivity contribution in [3.8, 4) is 46.8 Å². The highest BCUT2D eigenvalue weighted by Gasteiger charge is 2.63. The summed E-state index contributed by atoms with van der Waals surface area (Å²) in [7, 11) is 1.79. The fraction of sp³-hybridized carbons (Fsp3) is 0.484. The van der Waals surface area contributed by atoms with Crippen LogP contribution in [0, 0.1) is 33.5 Å². The lowest BCUT2D eigenvalue weighted by atomic mass is 9.85. The number of pyridine rings is 6. The molecule has 3 unspecified atom stereocenters. The van der Waals surface area contributed by atoms with E-state index in [-0.39, 0.29) is 78.9 Å². The molecule has 8 heterocycles. The van der Waals surface area contributed by atoms with Crippen molar-refractivity contribution in [2.45, 2.75) is 205 Å². The molecular weight excluding hydrogens is 1880 g/mol. The summed E-state index contributed by atoms with van der Waals surface area (Å²) in [5, 5.41) is 46.7. The zero-order valence-electron chi connectivity index (χ0n) is 81.2. The average Bonchev–Trinajstić information content (AvgIpc) is 1.57. The fourth-order valence-corrected chi connectivity index (χ4v) is 17.3. The van der Waals surface area contributed by atoms with E-state index in [2.05, 4.69) is 77.8 Å². The normalized spacial score (nSPS) is 20.0. The van der Waals surface area contributed by atoms with Gasteiger partial charge in [-0.25, -0.2) is 61.1 Å². The van der Waals surface area contributed by atoms with Gasteiger partial charge in [-0.3, -0.25) is 38.2 Å². The third-order valence-electron chi connectivity index (χ3n) is 23.1. The van der Waals surface area contributed by atoms with Gasteiger partial charge in [0.05, 0.1) is 113 Å². The van der Waals surface area contributed by atoms with Gasteiger partial charge in [-0.05, 0) is 144 Å².